The Labute approximate surface area is 122 Å². The number of nitrogens with one attached hydrogen (secondary N) is 1. The van der Waals surface area contributed by atoms with E-state index in [4.69, 9.17) is 5.11 Å². The summed E-state index contributed by atoms with van der Waals surface area (Å²) in [4.78, 5) is 42.4. The van der Waals surface area contributed by atoms with Gasteiger partial charge in [0.1, 0.15) is 5.69 Å². The third-order valence-corrected chi connectivity index (χ3v) is 4.17. The molecule has 2 rings (SSSR count). The topological polar surface area (TPSA) is 103 Å². The first kappa shape index (κ1) is 15.2. The van der Waals surface area contributed by atoms with Crippen molar-refractivity contribution in [2.45, 2.75) is 44.1 Å². The van der Waals surface area contributed by atoms with Crippen LogP contribution in [0.5, 0.6) is 0 Å². The van der Waals surface area contributed by atoms with Gasteiger partial charge in [-0.25, -0.2) is 4.98 Å². The molecule has 0 unspecified atom stereocenters. The van der Waals surface area contributed by atoms with E-state index in [9.17, 15) is 14.4 Å². The molecule has 114 valence electrons. The fourth-order valence-corrected chi connectivity index (χ4v) is 2.97. The van der Waals surface area contributed by atoms with Gasteiger partial charge in [0, 0.05) is 13.2 Å². The Balaban J connectivity index is 2.26. The van der Waals surface area contributed by atoms with E-state index < -0.39 is 11.5 Å². The van der Waals surface area contributed by atoms with Gasteiger partial charge in [-0.05, 0) is 12.8 Å². The minimum Gasteiger partial charge on any atom is -0.481 e. The molecule has 1 aliphatic carbocycles. The second-order valence-corrected chi connectivity index (χ2v) is 5.52. The molecular weight excluding hydrogens is 274 g/mol. The Bertz CT molecular complexity index is 570. The molecule has 7 nitrogen and oxygen atoms in total. The number of H-pyrrole nitrogens is 1. The zero-order valence-corrected chi connectivity index (χ0v) is 12.0. The number of aromatic nitrogens is 2. The summed E-state index contributed by atoms with van der Waals surface area (Å²) in [6, 6.07) is 0. The molecule has 1 aliphatic rings. The number of rotatable bonds is 4. The largest absolute Gasteiger partial charge is 0.481 e. The molecule has 2 N–H and O–H groups in total. The summed E-state index contributed by atoms with van der Waals surface area (Å²) < 4.78 is 0. The van der Waals surface area contributed by atoms with Gasteiger partial charge >= 0.3 is 5.97 Å². The van der Waals surface area contributed by atoms with Crippen LogP contribution in [0.25, 0.3) is 0 Å². The molecule has 1 fully saturated rings. The maximum atomic E-state index is 12.5. The van der Waals surface area contributed by atoms with Crippen LogP contribution in [0.1, 0.15) is 49.0 Å². The minimum absolute atomic E-state index is 0.0708. The van der Waals surface area contributed by atoms with Crippen LogP contribution in [0.2, 0.25) is 0 Å². The monoisotopic (exact) mass is 293 g/mol. The molecule has 1 amide bonds. The van der Waals surface area contributed by atoms with Gasteiger partial charge in [0.05, 0.1) is 18.2 Å². The molecular formula is C14H19N3O4. The van der Waals surface area contributed by atoms with E-state index in [1.807, 2.05) is 0 Å². The molecule has 1 heterocycles. The van der Waals surface area contributed by atoms with Crippen molar-refractivity contribution in [3.8, 4) is 0 Å². The van der Waals surface area contributed by atoms with Crippen LogP contribution in [-0.4, -0.2) is 44.4 Å². The first-order valence-electron chi connectivity index (χ1n) is 6.99. The van der Waals surface area contributed by atoms with Crippen LogP contribution in [-0.2, 0) is 4.79 Å². The lowest BCUT2D eigenvalue weighted by Gasteiger charge is -2.43. The molecule has 0 aliphatic heterocycles. The van der Waals surface area contributed by atoms with Crippen LogP contribution in [0, 0.1) is 0 Å². The predicted octanol–water partition coefficient (Wildman–Crippen LogP) is 1.02. The van der Waals surface area contributed by atoms with Crippen LogP contribution in [0.15, 0.2) is 17.2 Å². The Kier molecular flexibility index (Phi) is 4.40. The molecule has 7 heteroatoms. The molecule has 21 heavy (non-hydrogen) atoms. The summed E-state index contributed by atoms with van der Waals surface area (Å²) in [6.45, 7) is 0. The molecule has 0 spiro atoms. The SMILES string of the molecule is CN(C(=O)c1c[nH]c(=O)cn1)C1(CC(=O)O)CCCCC1. The number of nitrogens with zero attached hydrogens (tertiary/aromatic N) is 2. The summed E-state index contributed by atoms with van der Waals surface area (Å²) in [7, 11) is 1.61. The summed E-state index contributed by atoms with van der Waals surface area (Å²) in [5, 5.41) is 9.17. The number of amides is 1. The van der Waals surface area contributed by atoms with Crippen LogP contribution in [0.3, 0.4) is 0 Å². The Morgan fingerprint density at radius 3 is 2.57 bits per heavy atom. The number of hydrogen-bond acceptors (Lipinski definition) is 4. The standard InChI is InChI=1S/C14H19N3O4/c1-17(13(21)10-8-16-11(18)9-15-10)14(7-12(19)20)5-3-2-4-6-14/h8-9H,2-7H2,1H3,(H,16,18)(H,19,20). The number of carboxylic acid groups (broad SMARTS) is 1. The van der Waals surface area contributed by atoms with Crippen molar-refractivity contribution in [3.63, 3.8) is 0 Å². The highest BCUT2D eigenvalue weighted by atomic mass is 16.4. The summed E-state index contributed by atoms with van der Waals surface area (Å²) in [5.41, 5.74) is -0.932. The molecule has 0 atom stereocenters. The normalized spacial score (nSPS) is 17.2. The molecule has 1 aromatic rings. The summed E-state index contributed by atoms with van der Waals surface area (Å²) in [6.07, 6.45) is 6.45. The maximum absolute atomic E-state index is 12.5. The second-order valence-electron chi connectivity index (χ2n) is 5.52. The van der Waals surface area contributed by atoms with Crippen molar-refractivity contribution in [2.75, 3.05) is 7.05 Å². The zero-order valence-electron chi connectivity index (χ0n) is 12.0. The number of carboxylic acids is 1. The number of aliphatic carboxylic acids is 1. The van der Waals surface area contributed by atoms with E-state index in [-0.39, 0.29) is 23.6 Å². The summed E-state index contributed by atoms with van der Waals surface area (Å²) in [5.74, 6) is -1.28. The highest BCUT2D eigenvalue weighted by molar-refractivity contribution is 5.92. The van der Waals surface area contributed by atoms with E-state index in [1.54, 1.807) is 7.05 Å². The summed E-state index contributed by atoms with van der Waals surface area (Å²) >= 11 is 0. The first-order chi connectivity index (χ1) is 9.94. The molecule has 0 saturated heterocycles. The van der Waals surface area contributed by atoms with E-state index in [2.05, 4.69) is 9.97 Å². The number of carbonyl (C=O) groups excluding carboxylic acids is 1. The lowest BCUT2D eigenvalue weighted by atomic mass is 9.78. The van der Waals surface area contributed by atoms with E-state index in [0.717, 1.165) is 25.5 Å². The van der Waals surface area contributed by atoms with Gasteiger partial charge in [0.25, 0.3) is 11.5 Å². The van der Waals surface area contributed by atoms with Gasteiger partial charge < -0.3 is 15.0 Å². The average Bonchev–Trinajstić information content (AvgIpc) is 2.47. The van der Waals surface area contributed by atoms with Crippen LogP contribution < -0.4 is 5.56 Å². The second kappa shape index (κ2) is 6.07. The Hall–Kier alpha value is -2.18. The van der Waals surface area contributed by atoms with Crippen molar-refractivity contribution in [1.82, 2.24) is 14.9 Å². The van der Waals surface area contributed by atoms with Crippen molar-refractivity contribution >= 4 is 11.9 Å². The molecule has 1 saturated carbocycles. The predicted molar refractivity (Wildman–Crippen MR) is 75.0 cm³/mol. The fraction of sp³-hybridized carbons (Fsp3) is 0.571. The average molecular weight is 293 g/mol. The van der Waals surface area contributed by atoms with Crippen molar-refractivity contribution in [1.29, 1.82) is 0 Å². The van der Waals surface area contributed by atoms with Gasteiger partial charge in [-0.15, -0.1) is 0 Å². The smallest absolute Gasteiger partial charge is 0.305 e. The Morgan fingerprint density at radius 2 is 2.05 bits per heavy atom. The van der Waals surface area contributed by atoms with Crippen molar-refractivity contribution in [2.24, 2.45) is 0 Å². The Morgan fingerprint density at radius 1 is 1.38 bits per heavy atom. The van der Waals surface area contributed by atoms with Gasteiger partial charge in [-0.3, -0.25) is 14.4 Å². The zero-order chi connectivity index (χ0) is 15.5. The molecule has 0 aromatic carbocycles. The lowest BCUT2D eigenvalue weighted by Crippen LogP contribution is -2.52. The quantitative estimate of drug-likeness (QED) is 0.862. The number of hydrogen-bond donors (Lipinski definition) is 2. The fourth-order valence-electron chi connectivity index (χ4n) is 2.97. The molecule has 0 bridgehead atoms. The minimum atomic E-state index is -0.911. The number of carbonyl (C=O) groups is 2. The van der Waals surface area contributed by atoms with Gasteiger partial charge in [0.2, 0.25) is 0 Å². The molecule has 0 radical (unpaired) electrons. The van der Waals surface area contributed by atoms with E-state index >= 15 is 0 Å². The number of aromatic amines is 1. The van der Waals surface area contributed by atoms with E-state index in [0.29, 0.717) is 12.8 Å². The highest BCUT2D eigenvalue weighted by Crippen LogP contribution is 2.36. The third kappa shape index (κ3) is 3.29. The van der Waals surface area contributed by atoms with Crippen molar-refractivity contribution < 1.29 is 14.7 Å². The van der Waals surface area contributed by atoms with Gasteiger partial charge in [-0.1, -0.05) is 19.3 Å². The first-order valence-corrected chi connectivity index (χ1v) is 6.99. The highest BCUT2D eigenvalue weighted by Gasteiger charge is 2.41. The van der Waals surface area contributed by atoms with Gasteiger partial charge in [0.15, 0.2) is 0 Å². The maximum Gasteiger partial charge on any atom is 0.305 e. The van der Waals surface area contributed by atoms with Crippen LogP contribution in [0.4, 0.5) is 0 Å². The third-order valence-electron chi connectivity index (χ3n) is 4.17. The van der Waals surface area contributed by atoms with Crippen molar-refractivity contribution in [3.05, 3.63) is 28.4 Å². The molecule has 1 aromatic heterocycles. The van der Waals surface area contributed by atoms with Gasteiger partial charge in [-0.2, -0.15) is 0 Å². The van der Waals surface area contributed by atoms with E-state index in [1.165, 1.54) is 11.1 Å². The lowest BCUT2D eigenvalue weighted by molar-refractivity contribution is -0.140. The van der Waals surface area contributed by atoms with Crippen LogP contribution >= 0.6 is 0 Å².